The van der Waals surface area contributed by atoms with Gasteiger partial charge in [-0.15, -0.1) is 0 Å². The Morgan fingerprint density at radius 1 is 1.00 bits per heavy atom. The highest BCUT2D eigenvalue weighted by Gasteiger charge is 2.17. The normalized spacial score (nSPS) is 13.0. The summed E-state index contributed by atoms with van der Waals surface area (Å²) in [6.07, 6.45) is 0. The molecule has 6 heteroatoms. The van der Waals surface area contributed by atoms with Gasteiger partial charge in [-0.05, 0) is 41.5 Å². The van der Waals surface area contributed by atoms with E-state index in [2.05, 4.69) is 30.4 Å². The second kappa shape index (κ2) is 8.31. The van der Waals surface area contributed by atoms with Crippen LogP contribution in [0.5, 0.6) is 5.75 Å². The lowest BCUT2D eigenvalue weighted by molar-refractivity contribution is 0.407. The number of nitrogens with zero attached hydrogens (tertiary/aromatic N) is 1. The van der Waals surface area contributed by atoms with Gasteiger partial charge in [-0.3, -0.25) is 0 Å². The van der Waals surface area contributed by atoms with E-state index < -0.39 is 10.0 Å². The zero-order valence-corrected chi connectivity index (χ0v) is 17.5. The fraction of sp³-hybridized carbons (Fsp3) is 0.273. The van der Waals surface area contributed by atoms with Crippen LogP contribution in [-0.4, -0.2) is 33.9 Å². The second-order valence-corrected chi connectivity index (χ2v) is 9.08. The van der Waals surface area contributed by atoms with E-state index >= 15 is 0 Å². The third-order valence-corrected chi connectivity index (χ3v) is 6.79. The van der Waals surface area contributed by atoms with Crippen molar-refractivity contribution in [2.24, 2.45) is 0 Å². The zero-order chi connectivity index (χ0) is 20.3. The maximum atomic E-state index is 12.2. The molecule has 148 valence electrons. The molecule has 3 aromatic carbocycles. The monoisotopic (exact) mass is 398 g/mol. The molecule has 1 unspecified atom stereocenters. The van der Waals surface area contributed by atoms with Gasteiger partial charge < -0.3 is 10.1 Å². The molecule has 0 spiro atoms. The van der Waals surface area contributed by atoms with Crippen LogP contribution in [0.2, 0.25) is 0 Å². The van der Waals surface area contributed by atoms with Gasteiger partial charge in [0.15, 0.2) is 0 Å². The molecule has 5 nitrogen and oxygen atoms in total. The fourth-order valence-corrected chi connectivity index (χ4v) is 4.10. The van der Waals surface area contributed by atoms with Gasteiger partial charge in [0.25, 0.3) is 0 Å². The first-order chi connectivity index (χ1) is 13.3. The molecule has 0 bridgehead atoms. The zero-order valence-electron chi connectivity index (χ0n) is 16.6. The van der Waals surface area contributed by atoms with Gasteiger partial charge in [-0.25, -0.2) is 12.7 Å². The summed E-state index contributed by atoms with van der Waals surface area (Å²) in [6, 6.07) is 19.4. The molecule has 0 heterocycles. The first-order valence-electron chi connectivity index (χ1n) is 9.15. The molecular weight excluding hydrogens is 372 g/mol. The lowest BCUT2D eigenvalue weighted by atomic mass is 10.0. The maximum Gasteiger partial charge on any atom is 0.242 e. The van der Waals surface area contributed by atoms with Crippen molar-refractivity contribution in [1.82, 2.24) is 9.62 Å². The third kappa shape index (κ3) is 4.04. The number of fused-ring (bicyclic) bond motifs is 1. The van der Waals surface area contributed by atoms with Gasteiger partial charge in [0.2, 0.25) is 10.0 Å². The molecule has 3 rings (SSSR count). The van der Waals surface area contributed by atoms with Crippen molar-refractivity contribution in [2.45, 2.75) is 24.4 Å². The Morgan fingerprint density at radius 2 is 1.68 bits per heavy atom. The predicted molar refractivity (Wildman–Crippen MR) is 113 cm³/mol. The molecule has 0 aliphatic rings. The minimum atomic E-state index is -3.41. The summed E-state index contributed by atoms with van der Waals surface area (Å²) in [6.45, 7) is 2.70. The minimum Gasteiger partial charge on any atom is -0.496 e. The van der Waals surface area contributed by atoms with Crippen LogP contribution >= 0.6 is 0 Å². The molecule has 1 atom stereocenters. The van der Waals surface area contributed by atoms with Crippen molar-refractivity contribution in [3.05, 3.63) is 71.8 Å². The molecule has 0 amide bonds. The maximum absolute atomic E-state index is 12.2. The Kier molecular flexibility index (Phi) is 6.03. The Bertz CT molecular complexity index is 1060. The molecule has 0 aliphatic heterocycles. The van der Waals surface area contributed by atoms with Crippen LogP contribution in [0, 0.1) is 0 Å². The Morgan fingerprint density at radius 3 is 2.32 bits per heavy atom. The van der Waals surface area contributed by atoms with Crippen LogP contribution < -0.4 is 10.1 Å². The average Bonchev–Trinajstić information content (AvgIpc) is 2.71. The summed E-state index contributed by atoms with van der Waals surface area (Å²) in [5, 5.41) is 5.86. The van der Waals surface area contributed by atoms with E-state index in [1.54, 1.807) is 19.2 Å². The van der Waals surface area contributed by atoms with E-state index in [1.807, 2.05) is 30.3 Å². The van der Waals surface area contributed by atoms with Crippen molar-refractivity contribution in [3.8, 4) is 5.75 Å². The van der Waals surface area contributed by atoms with Crippen molar-refractivity contribution in [1.29, 1.82) is 0 Å². The second-order valence-electron chi connectivity index (χ2n) is 6.93. The van der Waals surface area contributed by atoms with E-state index in [9.17, 15) is 8.42 Å². The lowest BCUT2D eigenvalue weighted by Crippen LogP contribution is -2.22. The SMILES string of the molecule is COc1ccc2ccccc2c1CNC(C)c1ccc(S(=O)(=O)N(C)C)cc1. The summed E-state index contributed by atoms with van der Waals surface area (Å²) < 4.78 is 31.2. The molecule has 3 aromatic rings. The van der Waals surface area contributed by atoms with Crippen molar-refractivity contribution in [3.63, 3.8) is 0 Å². The van der Waals surface area contributed by atoms with Crippen molar-refractivity contribution >= 4 is 20.8 Å². The highest BCUT2D eigenvalue weighted by Crippen LogP contribution is 2.28. The Hall–Kier alpha value is -2.41. The molecular formula is C22H26N2O3S. The standard InChI is InChI=1S/C22H26N2O3S/c1-16(17-9-12-19(13-10-17)28(25,26)24(2)3)23-15-21-20-8-6-5-7-18(20)11-14-22(21)27-4/h5-14,16,23H,15H2,1-4H3. The third-order valence-electron chi connectivity index (χ3n) is 4.96. The minimum absolute atomic E-state index is 0.0554. The first kappa shape index (κ1) is 20.3. The topological polar surface area (TPSA) is 58.6 Å². The lowest BCUT2D eigenvalue weighted by Gasteiger charge is -2.18. The van der Waals surface area contributed by atoms with Gasteiger partial charge in [0.1, 0.15) is 5.75 Å². The molecule has 0 aliphatic carbocycles. The van der Waals surface area contributed by atoms with Crippen LogP contribution in [0.15, 0.2) is 65.6 Å². The van der Waals surface area contributed by atoms with Crippen LogP contribution in [-0.2, 0) is 16.6 Å². The number of nitrogens with one attached hydrogen (secondary N) is 1. The van der Waals surface area contributed by atoms with Gasteiger partial charge in [-0.2, -0.15) is 0 Å². The molecule has 0 radical (unpaired) electrons. The highest BCUT2D eigenvalue weighted by molar-refractivity contribution is 7.89. The smallest absolute Gasteiger partial charge is 0.242 e. The summed E-state index contributed by atoms with van der Waals surface area (Å²) in [5.74, 6) is 0.853. The number of benzene rings is 3. The van der Waals surface area contributed by atoms with Crippen molar-refractivity contribution < 1.29 is 13.2 Å². The number of hydrogen-bond acceptors (Lipinski definition) is 4. The largest absolute Gasteiger partial charge is 0.496 e. The van der Waals surface area contributed by atoms with E-state index in [0.29, 0.717) is 11.4 Å². The average molecular weight is 399 g/mol. The van der Waals surface area contributed by atoms with E-state index in [1.165, 1.54) is 23.8 Å². The van der Waals surface area contributed by atoms with Crippen LogP contribution in [0.25, 0.3) is 10.8 Å². The number of sulfonamides is 1. The quantitative estimate of drug-likeness (QED) is 0.655. The van der Waals surface area contributed by atoms with Gasteiger partial charge >= 0.3 is 0 Å². The van der Waals surface area contributed by atoms with Gasteiger partial charge in [0.05, 0.1) is 12.0 Å². The van der Waals surface area contributed by atoms with Crippen LogP contribution in [0.1, 0.15) is 24.1 Å². The summed E-state index contributed by atoms with van der Waals surface area (Å²) in [5.41, 5.74) is 2.14. The van der Waals surface area contributed by atoms with Gasteiger partial charge in [0, 0.05) is 32.2 Å². The Labute approximate surface area is 167 Å². The first-order valence-corrected chi connectivity index (χ1v) is 10.6. The molecule has 1 N–H and O–H groups in total. The molecule has 0 saturated carbocycles. The van der Waals surface area contributed by atoms with E-state index in [4.69, 9.17) is 4.74 Å². The van der Waals surface area contributed by atoms with E-state index in [-0.39, 0.29) is 6.04 Å². The van der Waals surface area contributed by atoms with Crippen molar-refractivity contribution in [2.75, 3.05) is 21.2 Å². The number of methoxy groups -OCH3 is 1. The van der Waals surface area contributed by atoms with Crippen LogP contribution in [0.4, 0.5) is 0 Å². The Balaban J connectivity index is 1.80. The summed E-state index contributed by atoms with van der Waals surface area (Å²) in [4.78, 5) is 0.296. The molecule has 0 saturated heterocycles. The molecule has 28 heavy (non-hydrogen) atoms. The highest BCUT2D eigenvalue weighted by atomic mass is 32.2. The predicted octanol–water partition coefficient (Wildman–Crippen LogP) is 3.95. The van der Waals surface area contributed by atoms with Gasteiger partial charge in [-0.1, -0.05) is 42.5 Å². The molecule has 0 fully saturated rings. The van der Waals surface area contributed by atoms with E-state index in [0.717, 1.165) is 22.3 Å². The summed E-state index contributed by atoms with van der Waals surface area (Å²) >= 11 is 0. The fourth-order valence-electron chi connectivity index (χ4n) is 3.20. The number of ether oxygens (including phenoxy) is 1. The molecule has 0 aromatic heterocycles. The number of hydrogen-bond donors (Lipinski definition) is 1. The number of rotatable bonds is 7. The summed E-state index contributed by atoms with van der Waals surface area (Å²) in [7, 11) is 1.34. The van der Waals surface area contributed by atoms with Crippen LogP contribution in [0.3, 0.4) is 0 Å².